The van der Waals surface area contributed by atoms with Crippen LogP contribution in [0, 0.1) is 6.92 Å². The lowest BCUT2D eigenvalue weighted by Crippen LogP contribution is -2.06. The third-order valence-electron chi connectivity index (χ3n) is 3.22. The molecule has 0 atom stereocenters. The van der Waals surface area contributed by atoms with Gasteiger partial charge in [0.05, 0.1) is 25.6 Å². The fraction of sp³-hybridized carbons (Fsp3) is 0.176. The van der Waals surface area contributed by atoms with Crippen LogP contribution >= 0.6 is 0 Å². The number of benzene rings is 1. The molecule has 2 heterocycles. The lowest BCUT2D eigenvalue weighted by atomic mass is 10.3. The minimum atomic E-state index is 0.532. The molecule has 0 aliphatic carbocycles. The number of ether oxygens (including phenoxy) is 1. The number of nitrogens with one attached hydrogen (secondary N) is 2. The van der Waals surface area contributed by atoms with E-state index >= 15 is 0 Å². The molecule has 1 aromatic carbocycles. The highest BCUT2D eigenvalue weighted by atomic mass is 16.5. The molecular formula is C17H18N4O2. The van der Waals surface area contributed by atoms with Crippen LogP contribution in [0.2, 0.25) is 0 Å². The molecule has 0 radical (unpaired) electrons. The van der Waals surface area contributed by atoms with E-state index in [-0.39, 0.29) is 0 Å². The minimum absolute atomic E-state index is 0.532. The van der Waals surface area contributed by atoms with Crippen molar-refractivity contribution in [1.29, 1.82) is 0 Å². The van der Waals surface area contributed by atoms with Crippen molar-refractivity contribution in [3.63, 3.8) is 0 Å². The predicted octanol–water partition coefficient (Wildman–Crippen LogP) is 3.74. The molecule has 0 aliphatic heterocycles. The van der Waals surface area contributed by atoms with Crippen LogP contribution in [-0.4, -0.2) is 17.1 Å². The van der Waals surface area contributed by atoms with Crippen molar-refractivity contribution in [3.05, 3.63) is 60.2 Å². The van der Waals surface area contributed by atoms with Gasteiger partial charge in [-0.1, -0.05) is 12.1 Å². The number of anilines is 3. The van der Waals surface area contributed by atoms with Crippen LogP contribution in [0.3, 0.4) is 0 Å². The molecular weight excluding hydrogens is 292 g/mol. The second-order valence-electron chi connectivity index (χ2n) is 4.98. The zero-order valence-electron chi connectivity index (χ0n) is 13.0. The van der Waals surface area contributed by atoms with Gasteiger partial charge in [-0.2, -0.15) is 4.98 Å². The maximum atomic E-state index is 5.34. The first-order valence-electron chi connectivity index (χ1n) is 7.26. The number of furan rings is 1. The quantitative estimate of drug-likeness (QED) is 0.722. The number of para-hydroxylation sites is 2. The van der Waals surface area contributed by atoms with E-state index in [2.05, 4.69) is 20.6 Å². The second-order valence-corrected chi connectivity index (χ2v) is 4.98. The summed E-state index contributed by atoms with van der Waals surface area (Å²) < 4.78 is 10.6. The van der Waals surface area contributed by atoms with E-state index in [1.807, 2.05) is 49.4 Å². The van der Waals surface area contributed by atoms with Gasteiger partial charge >= 0.3 is 0 Å². The van der Waals surface area contributed by atoms with E-state index in [1.165, 1.54) is 0 Å². The maximum Gasteiger partial charge on any atom is 0.225 e. The molecule has 0 unspecified atom stereocenters. The highest BCUT2D eigenvalue weighted by molar-refractivity contribution is 5.64. The first kappa shape index (κ1) is 14.9. The monoisotopic (exact) mass is 310 g/mol. The Morgan fingerprint density at radius 3 is 2.78 bits per heavy atom. The van der Waals surface area contributed by atoms with Gasteiger partial charge in [-0.3, -0.25) is 0 Å². The zero-order chi connectivity index (χ0) is 16.1. The Bertz CT molecular complexity index is 772. The van der Waals surface area contributed by atoms with Crippen molar-refractivity contribution in [3.8, 4) is 5.75 Å². The lowest BCUT2D eigenvalue weighted by molar-refractivity contribution is 0.417. The molecule has 6 nitrogen and oxygen atoms in total. The smallest absolute Gasteiger partial charge is 0.225 e. The third kappa shape index (κ3) is 3.79. The average molecular weight is 310 g/mol. The summed E-state index contributed by atoms with van der Waals surface area (Å²) in [7, 11) is 1.64. The number of rotatable bonds is 6. The fourth-order valence-corrected chi connectivity index (χ4v) is 2.18. The topological polar surface area (TPSA) is 72.2 Å². The minimum Gasteiger partial charge on any atom is -0.495 e. The molecule has 3 aromatic rings. The van der Waals surface area contributed by atoms with Crippen molar-refractivity contribution >= 4 is 17.5 Å². The van der Waals surface area contributed by atoms with Crippen LogP contribution in [0.15, 0.2) is 53.1 Å². The van der Waals surface area contributed by atoms with Crippen molar-refractivity contribution in [2.45, 2.75) is 13.5 Å². The van der Waals surface area contributed by atoms with Gasteiger partial charge in [0.25, 0.3) is 0 Å². The van der Waals surface area contributed by atoms with Crippen LogP contribution in [-0.2, 0) is 6.54 Å². The van der Waals surface area contributed by atoms with Crippen LogP contribution in [0.1, 0.15) is 11.5 Å². The first-order chi connectivity index (χ1) is 11.2. The summed E-state index contributed by atoms with van der Waals surface area (Å²) in [6.45, 7) is 2.46. The molecule has 0 bridgehead atoms. The van der Waals surface area contributed by atoms with Crippen molar-refractivity contribution < 1.29 is 9.15 Å². The van der Waals surface area contributed by atoms with Gasteiger partial charge in [0.1, 0.15) is 17.3 Å². The Hall–Kier alpha value is -3.02. The number of aromatic nitrogens is 2. The van der Waals surface area contributed by atoms with Gasteiger partial charge in [-0.25, -0.2) is 4.98 Å². The Morgan fingerprint density at radius 2 is 2.00 bits per heavy atom. The SMILES string of the molecule is COc1ccccc1Nc1cc(C)nc(NCc2ccco2)n1. The number of aryl methyl sites for hydroxylation is 1. The Labute approximate surface area is 134 Å². The highest BCUT2D eigenvalue weighted by Gasteiger charge is 2.06. The number of hydrogen-bond acceptors (Lipinski definition) is 6. The summed E-state index contributed by atoms with van der Waals surface area (Å²) in [6, 6.07) is 13.3. The molecule has 0 fully saturated rings. The Kier molecular flexibility index (Phi) is 4.42. The molecule has 0 saturated carbocycles. The highest BCUT2D eigenvalue weighted by Crippen LogP contribution is 2.26. The van der Waals surface area contributed by atoms with Crippen molar-refractivity contribution in [2.24, 2.45) is 0 Å². The average Bonchev–Trinajstić information content (AvgIpc) is 3.06. The van der Waals surface area contributed by atoms with Gasteiger partial charge in [0.2, 0.25) is 5.95 Å². The first-order valence-corrected chi connectivity index (χ1v) is 7.26. The van der Waals surface area contributed by atoms with Crippen LogP contribution in [0.5, 0.6) is 5.75 Å². The van der Waals surface area contributed by atoms with Crippen LogP contribution in [0.4, 0.5) is 17.5 Å². The molecule has 0 aliphatic rings. The van der Waals surface area contributed by atoms with E-state index in [0.29, 0.717) is 18.3 Å². The third-order valence-corrected chi connectivity index (χ3v) is 3.22. The van der Waals surface area contributed by atoms with Gasteiger partial charge in [0, 0.05) is 11.8 Å². The molecule has 23 heavy (non-hydrogen) atoms. The van der Waals surface area contributed by atoms with E-state index < -0.39 is 0 Å². The largest absolute Gasteiger partial charge is 0.495 e. The summed E-state index contributed by atoms with van der Waals surface area (Å²) >= 11 is 0. The van der Waals surface area contributed by atoms with Crippen LogP contribution < -0.4 is 15.4 Å². The molecule has 0 spiro atoms. The number of methoxy groups -OCH3 is 1. The molecule has 3 rings (SSSR count). The Morgan fingerprint density at radius 1 is 1.13 bits per heavy atom. The summed E-state index contributed by atoms with van der Waals surface area (Å²) in [5.41, 5.74) is 1.71. The molecule has 2 N–H and O–H groups in total. The summed E-state index contributed by atoms with van der Waals surface area (Å²) in [4.78, 5) is 8.86. The van der Waals surface area contributed by atoms with Gasteiger partial charge in [-0.05, 0) is 31.2 Å². The maximum absolute atomic E-state index is 5.34. The van der Waals surface area contributed by atoms with E-state index in [4.69, 9.17) is 9.15 Å². The van der Waals surface area contributed by atoms with E-state index in [0.717, 1.165) is 22.9 Å². The summed E-state index contributed by atoms with van der Waals surface area (Å²) in [6.07, 6.45) is 1.64. The molecule has 118 valence electrons. The second kappa shape index (κ2) is 6.83. The zero-order valence-corrected chi connectivity index (χ0v) is 13.0. The summed E-state index contributed by atoms with van der Waals surface area (Å²) in [5, 5.41) is 6.41. The Balaban J connectivity index is 1.77. The number of nitrogens with zero attached hydrogens (tertiary/aromatic N) is 2. The fourth-order valence-electron chi connectivity index (χ4n) is 2.18. The van der Waals surface area contributed by atoms with Gasteiger partial charge < -0.3 is 19.8 Å². The van der Waals surface area contributed by atoms with Gasteiger partial charge in [-0.15, -0.1) is 0 Å². The standard InChI is InChI=1S/C17H18N4O2/c1-12-10-16(20-14-7-3-4-8-15(14)22-2)21-17(19-12)18-11-13-6-5-9-23-13/h3-10H,11H2,1-2H3,(H2,18,19,20,21). The van der Waals surface area contributed by atoms with Crippen molar-refractivity contribution in [2.75, 3.05) is 17.7 Å². The van der Waals surface area contributed by atoms with E-state index in [9.17, 15) is 0 Å². The summed E-state index contributed by atoms with van der Waals surface area (Å²) in [5.74, 6) is 2.82. The normalized spacial score (nSPS) is 10.3. The van der Waals surface area contributed by atoms with Gasteiger partial charge in [0.15, 0.2) is 0 Å². The molecule has 0 saturated heterocycles. The molecule has 6 heteroatoms. The number of hydrogen-bond donors (Lipinski definition) is 2. The molecule has 2 aromatic heterocycles. The van der Waals surface area contributed by atoms with Crippen LogP contribution in [0.25, 0.3) is 0 Å². The van der Waals surface area contributed by atoms with E-state index in [1.54, 1.807) is 13.4 Å². The van der Waals surface area contributed by atoms with Crippen molar-refractivity contribution in [1.82, 2.24) is 9.97 Å². The predicted molar refractivity (Wildman–Crippen MR) is 89.1 cm³/mol. The lowest BCUT2D eigenvalue weighted by Gasteiger charge is -2.12. The molecule has 0 amide bonds.